The third kappa shape index (κ3) is 4.53. The summed E-state index contributed by atoms with van der Waals surface area (Å²) in [5.41, 5.74) is 6.10. The molecule has 0 aliphatic heterocycles. The molecule has 0 saturated carbocycles. The Kier molecular flexibility index (Phi) is 4.88. The molecule has 0 spiro atoms. The molecule has 118 valence electrons. The fraction of sp³-hybridized carbons (Fsp3) is 0.0667. The Labute approximate surface area is 130 Å². The highest BCUT2D eigenvalue weighted by Gasteiger charge is 2.10. The quantitative estimate of drug-likeness (QED) is 0.617. The Bertz CT molecular complexity index is 762. The predicted octanol–water partition coefficient (Wildman–Crippen LogP) is 1.57. The number of nitro groups is 1. The Morgan fingerprint density at radius 1 is 1.17 bits per heavy atom. The minimum absolute atomic E-state index is 0.224. The standard InChI is InChI=1S/C15H13N3O5/c16-13(19)9-17-15(20)11-4-1-10(2-5-11)3-6-12-7-8-14(23-12)18(21)22/h1-8H,9H2,(H2,16,19)(H,17,20)/b6-3+. The summed E-state index contributed by atoms with van der Waals surface area (Å²) in [6.45, 7) is -0.224. The van der Waals surface area contributed by atoms with Crippen LogP contribution in [0.25, 0.3) is 12.2 Å². The summed E-state index contributed by atoms with van der Waals surface area (Å²) in [4.78, 5) is 32.2. The van der Waals surface area contributed by atoms with Crippen molar-refractivity contribution in [3.63, 3.8) is 0 Å². The second kappa shape index (κ2) is 7.03. The van der Waals surface area contributed by atoms with Crippen molar-refractivity contribution in [2.45, 2.75) is 0 Å². The van der Waals surface area contributed by atoms with Gasteiger partial charge in [0.15, 0.2) is 0 Å². The van der Waals surface area contributed by atoms with Crippen LogP contribution in [-0.4, -0.2) is 23.3 Å². The number of benzene rings is 1. The van der Waals surface area contributed by atoms with E-state index >= 15 is 0 Å². The molecule has 0 bridgehead atoms. The maximum Gasteiger partial charge on any atom is 0.433 e. The van der Waals surface area contributed by atoms with E-state index in [1.807, 2.05) is 0 Å². The van der Waals surface area contributed by atoms with Crippen LogP contribution >= 0.6 is 0 Å². The highest BCUT2D eigenvalue weighted by atomic mass is 16.6. The molecule has 0 unspecified atom stereocenters. The van der Waals surface area contributed by atoms with Crippen LogP contribution in [0.2, 0.25) is 0 Å². The van der Waals surface area contributed by atoms with Crippen molar-refractivity contribution in [2.75, 3.05) is 6.54 Å². The zero-order valence-electron chi connectivity index (χ0n) is 11.9. The van der Waals surface area contributed by atoms with Crippen molar-refractivity contribution < 1.29 is 18.9 Å². The molecule has 2 rings (SSSR count). The number of nitrogens with zero attached hydrogens (tertiary/aromatic N) is 1. The average molecular weight is 315 g/mol. The van der Waals surface area contributed by atoms with Crippen LogP contribution in [0.3, 0.4) is 0 Å². The number of carbonyl (C=O) groups is 2. The van der Waals surface area contributed by atoms with Crippen molar-refractivity contribution in [1.29, 1.82) is 0 Å². The Morgan fingerprint density at radius 3 is 2.43 bits per heavy atom. The van der Waals surface area contributed by atoms with Crippen molar-refractivity contribution >= 4 is 29.9 Å². The molecule has 0 aliphatic carbocycles. The molecular weight excluding hydrogens is 302 g/mol. The van der Waals surface area contributed by atoms with Gasteiger partial charge in [0.25, 0.3) is 5.91 Å². The summed E-state index contributed by atoms with van der Waals surface area (Å²) in [5, 5.41) is 12.9. The first kappa shape index (κ1) is 16.0. The van der Waals surface area contributed by atoms with Crippen LogP contribution in [0, 0.1) is 10.1 Å². The first-order valence-corrected chi connectivity index (χ1v) is 6.54. The normalized spacial score (nSPS) is 10.6. The lowest BCUT2D eigenvalue weighted by molar-refractivity contribution is -0.402. The maximum atomic E-state index is 11.7. The number of furan rings is 1. The lowest BCUT2D eigenvalue weighted by atomic mass is 10.1. The molecule has 2 amide bonds. The molecule has 0 fully saturated rings. The van der Waals surface area contributed by atoms with Gasteiger partial charge in [-0.1, -0.05) is 18.2 Å². The molecule has 1 aromatic heterocycles. The lowest BCUT2D eigenvalue weighted by Crippen LogP contribution is -2.33. The number of primary amides is 1. The smallest absolute Gasteiger partial charge is 0.401 e. The second-order valence-electron chi connectivity index (χ2n) is 4.54. The van der Waals surface area contributed by atoms with Gasteiger partial charge in [0, 0.05) is 5.56 Å². The SMILES string of the molecule is NC(=O)CNC(=O)c1ccc(/C=C/c2ccc([N+](=O)[O-])o2)cc1. The summed E-state index contributed by atoms with van der Waals surface area (Å²) in [6, 6.07) is 9.30. The molecule has 3 N–H and O–H groups in total. The van der Waals surface area contributed by atoms with Gasteiger partial charge < -0.3 is 15.5 Å². The first-order valence-electron chi connectivity index (χ1n) is 6.54. The minimum Gasteiger partial charge on any atom is -0.401 e. The topological polar surface area (TPSA) is 128 Å². The van der Waals surface area contributed by atoms with Crippen LogP contribution in [0.5, 0.6) is 0 Å². The molecule has 1 heterocycles. The van der Waals surface area contributed by atoms with Crippen LogP contribution < -0.4 is 11.1 Å². The minimum atomic E-state index is -0.620. The Hall–Kier alpha value is -3.42. The fourth-order valence-corrected chi connectivity index (χ4v) is 1.72. The van der Waals surface area contributed by atoms with Gasteiger partial charge in [-0.05, 0) is 29.8 Å². The van der Waals surface area contributed by atoms with Crippen molar-refractivity contribution in [3.05, 3.63) is 63.4 Å². The molecule has 0 aliphatic rings. The van der Waals surface area contributed by atoms with Gasteiger partial charge in [-0.3, -0.25) is 19.7 Å². The van der Waals surface area contributed by atoms with Crippen LogP contribution in [0.15, 0.2) is 40.8 Å². The molecule has 2 aromatic rings. The van der Waals surface area contributed by atoms with Gasteiger partial charge in [0.05, 0.1) is 12.6 Å². The van der Waals surface area contributed by atoms with Crippen molar-refractivity contribution in [1.82, 2.24) is 5.32 Å². The summed E-state index contributed by atoms with van der Waals surface area (Å²) in [6.07, 6.45) is 3.27. The van der Waals surface area contributed by atoms with Gasteiger partial charge in [0.1, 0.15) is 10.7 Å². The molecule has 23 heavy (non-hydrogen) atoms. The van der Waals surface area contributed by atoms with Crippen LogP contribution in [0.1, 0.15) is 21.7 Å². The number of nitrogens with one attached hydrogen (secondary N) is 1. The molecule has 0 saturated heterocycles. The maximum absolute atomic E-state index is 11.7. The summed E-state index contributed by atoms with van der Waals surface area (Å²) in [5.74, 6) is -1.00. The molecule has 8 heteroatoms. The zero-order valence-corrected chi connectivity index (χ0v) is 11.9. The number of rotatable bonds is 6. The first-order chi connectivity index (χ1) is 11.0. The number of carbonyl (C=O) groups excluding carboxylic acids is 2. The number of amides is 2. The second-order valence-corrected chi connectivity index (χ2v) is 4.54. The van der Waals surface area contributed by atoms with Gasteiger partial charge in [0.2, 0.25) is 5.91 Å². The summed E-state index contributed by atoms with van der Waals surface area (Å²) in [7, 11) is 0. The van der Waals surface area contributed by atoms with E-state index in [4.69, 9.17) is 10.2 Å². The predicted molar refractivity (Wildman–Crippen MR) is 82.3 cm³/mol. The molecule has 0 radical (unpaired) electrons. The molecule has 0 atom stereocenters. The van der Waals surface area contributed by atoms with E-state index < -0.39 is 16.7 Å². The monoisotopic (exact) mass is 315 g/mol. The number of nitrogens with two attached hydrogens (primary N) is 1. The Morgan fingerprint density at radius 2 is 1.87 bits per heavy atom. The highest BCUT2D eigenvalue weighted by molar-refractivity contribution is 5.96. The number of hydrogen-bond donors (Lipinski definition) is 2. The highest BCUT2D eigenvalue weighted by Crippen LogP contribution is 2.18. The van der Waals surface area contributed by atoms with Gasteiger partial charge >= 0.3 is 5.88 Å². The average Bonchev–Trinajstić information content (AvgIpc) is 3.00. The number of hydrogen-bond acceptors (Lipinski definition) is 5. The van der Waals surface area contributed by atoms with Crippen molar-refractivity contribution in [3.8, 4) is 0 Å². The van der Waals surface area contributed by atoms with Gasteiger partial charge in [-0.25, -0.2) is 0 Å². The van der Waals surface area contributed by atoms with E-state index in [-0.39, 0.29) is 12.4 Å². The van der Waals surface area contributed by atoms with Gasteiger partial charge in [-0.15, -0.1) is 0 Å². The third-order valence-electron chi connectivity index (χ3n) is 2.83. The van der Waals surface area contributed by atoms with E-state index in [0.29, 0.717) is 11.3 Å². The summed E-state index contributed by atoms with van der Waals surface area (Å²) >= 11 is 0. The van der Waals surface area contributed by atoms with E-state index in [0.717, 1.165) is 5.56 Å². The van der Waals surface area contributed by atoms with Crippen molar-refractivity contribution in [2.24, 2.45) is 5.73 Å². The molecule has 1 aromatic carbocycles. The van der Waals surface area contributed by atoms with Crippen LogP contribution in [0.4, 0.5) is 5.88 Å². The van der Waals surface area contributed by atoms with Crippen LogP contribution in [-0.2, 0) is 4.79 Å². The van der Waals surface area contributed by atoms with E-state index in [1.165, 1.54) is 12.1 Å². The zero-order chi connectivity index (χ0) is 16.8. The lowest BCUT2D eigenvalue weighted by Gasteiger charge is -2.02. The van der Waals surface area contributed by atoms with Gasteiger partial charge in [-0.2, -0.15) is 0 Å². The van der Waals surface area contributed by atoms with E-state index in [2.05, 4.69) is 5.32 Å². The summed E-state index contributed by atoms with van der Waals surface area (Å²) < 4.78 is 4.99. The molecule has 8 nitrogen and oxygen atoms in total. The van der Waals surface area contributed by atoms with E-state index in [9.17, 15) is 19.7 Å². The third-order valence-corrected chi connectivity index (χ3v) is 2.83. The molecular formula is C15H13N3O5. The largest absolute Gasteiger partial charge is 0.433 e. The fourth-order valence-electron chi connectivity index (χ4n) is 1.72. The van der Waals surface area contributed by atoms with E-state index in [1.54, 1.807) is 36.4 Å². The Balaban J connectivity index is 2.01.